The fraction of sp³-hybridized carbons (Fsp3) is 0.891. The van der Waals surface area contributed by atoms with E-state index in [1.165, 1.54) is 115 Å². The van der Waals surface area contributed by atoms with Crippen molar-refractivity contribution in [1.82, 2.24) is 9.80 Å². The van der Waals surface area contributed by atoms with Gasteiger partial charge in [-0.25, -0.2) is 0 Å². The summed E-state index contributed by atoms with van der Waals surface area (Å²) in [5.74, 6) is 6.43. The van der Waals surface area contributed by atoms with Gasteiger partial charge in [0.15, 0.2) is 0 Å². The van der Waals surface area contributed by atoms with E-state index in [4.69, 9.17) is 4.74 Å². The Kier molecular flexibility index (Phi) is 37.1. The van der Waals surface area contributed by atoms with E-state index in [2.05, 4.69) is 63.3 Å². The molecule has 5 nitrogen and oxygen atoms in total. The van der Waals surface area contributed by atoms with Crippen LogP contribution in [-0.2, 0) is 9.53 Å². The standard InChI is InChI=1S/C46H88N2O3/c1-7-11-15-18-20-21-22-23-25-31-37-45(49)42-48(40-39-47(6)43(5)34-28-14-10-4)38-32-26-27-33-41-51-46(50)44(35-29-17-13-9-3)36-30-24-19-16-12-8-2/h34,44-45,49H,7-13,15-27,29-33,35-42H2,1-6H3/b43-34-. The Morgan fingerprint density at radius 2 is 1.10 bits per heavy atom. The molecule has 0 aliphatic rings. The minimum atomic E-state index is -0.262. The highest BCUT2D eigenvalue weighted by atomic mass is 16.5. The fourth-order valence-corrected chi connectivity index (χ4v) is 6.84. The van der Waals surface area contributed by atoms with E-state index < -0.39 is 0 Å². The van der Waals surface area contributed by atoms with Crippen molar-refractivity contribution in [2.24, 2.45) is 5.92 Å². The second-order valence-electron chi connectivity index (χ2n) is 15.5. The molecule has 1 N–H and O–H groups in total. The van der Waals surface area contributed by atoms with Gasteiger partial charge in [-0.05, 0) is 45.6 Å². The topological polar surface area (TPSA) is 53.0 Å². The average molecular weight is 717 g/mol. The Balaban J connectivity index is 4.65. The number of hydrogen-bond donors (Lipinski definition) is 1. The monoisotopic (exact) mass is 717 g/mol. The van der Waals surface area contributed by atoms with Crippen LogP contribution in [0.25, 0.3) is 0 Å². The van der Waals surface area contributed by atoms with Crippen molar-refractivity contribution in [2.75, 3.05) is 39.8 Å². The highest BCUT2D eigenvalue weighted by Gasteiger charge is 2.19. The maximum Gasteiger partial charge on any atom is 0.308 e. The molecular weight excluding hydrogens is 629 g/mol. The van der Waals surface area contributed by atoms with Gasteiger partial charge in [-0.3, -0.25) is 9.69 Å². The second-order valence-corrected chi connectivity index (χ2v) is 15.5. The van der Waals surface area contributed by atoms with Gasteiger partial charge >= 0.3 is 5.97 Å². The molecule has 0 aliphatic carbocycles. The van der Waals surface area contributed by atoms with Crippen LogP contribution >= 0.6 is 0 Å². The van der Waals surface area contributed by atoms with Crippen LogP contribution < -0.4 is 0 Å². The van der Waals surface area contributed by atoms with Gasteiger partial charge in [-0.2, -0.15) is 0 Å². The number of allylic oxidation sites excluding steroid dienone is 2. The van der Waals surface area contributed by atoms with Crippen molar-refractivity contribution in [1.29, 1.82) is 0 Å². The van der Waals surface area contributed by atoms with Gasteiger partial charge in [0.1, 0.15) is 0 Å². The van der Waals surface area contributed by atoms with Gasteiger partial charge in [-0.1, -0.05) is 181 Å². The summed E-state index contributed by atoms with van der Waals surface area (Å²) in [6.45, 7) is 15.2. The molecule has 0 aliphatic heterocycles. The lowest BCUT2D eigenvalue weighted by Gasteiger charge is -2.28. The van der Waals surface area contributed by atoms with Crippen molar-refractivity contribution in [3.05, 3.63) is 11.8 Å². The summed E-state index contributed by atoms with van der Waals surface area (Å²) in [6, 6.07) is 0. The molecule has 0 rings (SSSR count). The number of hydrogen-bond acceptors (Lipinski definition) is 5. The molecule has 0 aromatic rings. The van der Waals surface area contributed by atoms with E-state index in [0.29, 0.717) is 6.61 Å². The third-order valence-electron chi connectivity index (χ3n) is 10.5. The molecule has 0 spiro atoms. The van der Waals surface area contributed by atoms with E-state index in [0.717, 1.165) is 96.8 Å². The highest BCUT2D eigenvalue weighted by molar-refractivity contribution is 5.72. The van der Waals surface area contributed by atoms with Crippen LogP contribution in [0.1, 0.15) is 214 Å². The quantitative estimate of drug-likeness (QED) is 0.0394. The first kappa shape index (κ1) is 49.5. The van der Waals surface area contributed by atoms with Gasteiger partial charge in [0.2, 0.25) is 0 Å². The first-order valence-corrected chi connectivity index (χ1v) is 22.3. The zero-order valence-electron chi connectivity index (χ0n) is 35.2. The SMILES string of the molecule is CCC#C/C=C(/C)N(C)CCN(CCCCCCOC(=O)C(CCCCCC)CCCCCCCC)CC(O)CCCCCCCCCCCC. The molecule has 0 fully saturated rings. The number of carbonyl (C=O) groups is 1. The van der Waals surface area contributed by atoms with Crippen LogP contribution in [0.2, 0.25) is 0 Å². The van der Waals surface area contributed by atoms with Crippen LogP contribution in [-0.4, -0.2) is 66.8 Å². The van der Waals surface area contributed by atoms with Gasteiger partial charge in [0.05, 0.1) is 18.6 Å². The molecule has 0 amide bonds. The summed E-state index contributed by atoms with van der Waals surface area (Å²) < 4.78 is 5.84. The van der Waals surface area contributed by atoms with Crippen molar-refractivity contribution in [3.63, 3.8) is 0 Å². The first-order valence-electron chi connectivity index (χ1n) is 22.3. The minimum absolute atomic E-state index is 0.0526. The van der Waals surface area contributed by atoms with E-state index >= 15 is 0 Å². The first-order chi connectivity index (χ1) is 24.9. The third kappa shape index (κ3) is 32.8. The number of aliphatic hydroxyl groups is 1. The van der Waals surface area contributed by atoms with Crippen molar-refractivity contribution >= 4 is 5.97 Å². The Hall–Kier alpha value is -1.51. The largest absolute Gasteiger partial charge is 0.465 e. The second kappa shape index (κ2) is 38.2. The summed E-state index contributed by atoms with van der Waals surface area (Å²) in [7, 11) is 2.14. The summed E-state index contributed by atoms with van der Waals surface area (Å²) in [5.41, 5.74) is 1.19. The average Bonchev–Trinajstić information content (AvgIpc) is 3.12. The van der Waals surface area contributed by atoms with Gasteiger partial charge < -0.3 is 14.7 Å². The zero-order valence-corrected chi connectivity index (χ0v) is 35.2. The predicted octanol–water partition coefficient (Wildman–Crippen LogP) is 12.7. The predicted molar refractivity (Wildman–Crippen MR) is 223 cm³/mol. The van der Waals surface area contributed by atoms with Crippen LogP contribution in [0.3, 0.4) is 0 Å². The molecule has 0 saturated carbocycles. The molecule has 2 atom stereocenters. The van der Waals surface area contributed by atoms with Gasteiger partial charge in [0, 0.05) is 44.9 Å². The molecule has 0 saturated heterocycles. The molecule has 0 aromatic carbocycles. The van der Waals surface area contributed by atoms with Gasteiger partial charge in [-0.15, -0.1) is 0 Å². The fourth-order valence-electron chi connectivity index (χ4n) is 6.84. The van der Waals surface area contributed by atoms with Crippen molar-refractivity contribution in [2.45, 2.75) is 221 Å². The van der Waals surface area contributed by atoms with E-state index in [1.807, 2.05) is 6.08 Å². The summed E-state index contributed by atoms with van der Waals surface area (Å²) >= 11 is 0. The molecule has 0 aromatic heterocycles. The Morgan fingerprint density at radius 3 is 1.65 bits per heavy atom. The molecule has 0 heterocycles. The van der Waals surface area contributed by atoms with E-state index in [9.17, 15) is 9.90 Å². The third-order valence-corrected chi connectivity index (χ3v) is 10.5. The molecule has 2 unspecified atom stereocenters. The molecule has 51 heavy (non-hydrogen) atoms. The molecular formula is C46H88N2O3. The Morgan fingerprint density at radius 1 is 0.627 bits per heavy atom. The number of nitrogens with zero attached hydrogens (tertiary/aromatic N) is 2. The minimum Gasteiger partial charge on any atom is -0.465 e. The molecule has 0 radical (unpaired) electrons. The smallest absolute Gasteiger partial charge is 0.308 e. The van der Waals surface area contributed by atoms with Crippen molar-refractivity contribution < 1.29 is 14.6 Å². The summed E-state index contributed by atoms with van der Waals surface area (Å²) in [5, 5.41) is 11.0. The molecule has 0 bridgehead atoms. The molecule has 300 valence electrons. The highest BCUT2D eigenvalue weighted by Crippen LogP contribution is 2.21. The Bertz CT molecular complexity index is 847. The molecule has 5 heteroatoms. The van der Waals surface area contributed by atoms with E-state index in [-0.39, 0.29) is 18.0 Å². The number of ether oxygens (including phenoxy) is 1. The zero-order chi connectivity index (χ0) is 37.6. The number of likely N-dealkylation sites (N-methyl/N-ethyl adjacent to an activating group) is 1. The number of carbonyl (C=O) groups excluding carboxylic acids is 1. The van der Waals surface area contributed by atoms with Crippen LogP contribution in [0.5, 0.6) is 0 Å². The summed E-state index contributed by atoms with van der Waals surface area (Å²) in [6.07, 6.45) is 35.5. The maximum absolute atomic E-state index is 13.0. The lowest BCUT2D eigenvalue weighted by Crippen LogP contribution is -2.38. The maximum atomic E-state index is 13.0. The van der Waals surface area contributed by atoms with Crippen molar-refractivity contribution in [3.8, 4) is 11.8 Å². The number of esters is 1. The number of unbranched alkanes of at least 4 members (excludes halogenated alkanes) is 20. The van der Waals surface area contributed by atoms with Crippen LogP contribution in [0, 0.1) is 17.8 Å². The normalized spacial score (nSPS) is 12.9. The van der Waals surface area contributed by atoms with Crippen LogP contribution in [0.15, 0.2) is 11.8 Å². The summed E-state index contributed by atoms with van der Waals surface area (Å²) in [4.78, 5) is 17.8. The van der Waals surface area contributed by atoms with Crippen LogP contribution in [0.4, 0.5) is 0 Å². The van der Waals surface area contributed by atoms with Gasteiger partial charge in [0.25, 0.3) is 0 Å². The van der Waals surface area contributed by atoms with E-state index in [1.54, 1.807) is 0 Å². The lowest BCUT2D eigenvalue weighted by atomic mass is 9.94. The number of aliphatic hydroxyl groups excluding tert-OH is 1. The number of rotatable bonds is 37. The lowest BCUT2D eigenvalue weighted by molar-refractivity contribution is -0.149. The Labute approximate surface area is 319 Å².